The molecule has 1 atom stereocenters. The number of nitrogens with one attached hydrogen (secondary N) is 1. The Morgan fingerprint density at radius 2 is 2.11 bits per heavy atom. The van der Waals surface area contributed by atoms with E-state index in [2.05, 4.69) is 15.5 Å². The third-order valence-electron chi connectivity index (χ3n) is 5.26. The zero-order valence-electron chi connectivity index (χ0n) is 18.4. The Bertz CT molecular complexity index is 1310. The van der Waals surface area contributed by atoms with Crippen LogP contribution in [0.25, 0.3) is 0 Å². The number of pyridine rings is 1. The fourth-order valence-corrected chi connectivity index (χ4v) is 6.09. The lowest BCUT2D eigenvalue weighted by molar-refractivity contribution is -0.152. The quantitative estimate of drug-likeness (QED) is 0.124. The van der Waals surface area contributed by atoms with Crippen molar-refractivity contribution in [1.29, 1.82) is 0 Å². The third kappa shape index (κ3) is 4.48. The molecule has 0 unspecified atom stereocenters. The van der Waals surface area contributed by atoms with Gasteiger partial charge in [-0.1, -0.05) is 5.16 Å². The average molecular weight is 528 g/mol. The molecule has 17 heteroatoms. The van der Waals surface area contributed by atoms with Crippen LogP contribution >= 0.6 is 19.1 Å². The molecule has 0 aromatic carbocycles. The summed E-state index contributed by atoms with van der Waals surface area (Å²) in [6.45, 7) is 2.88. The molecule has 0 radical (unpaired) electrons. The van der Waals surface area contributed by atoms with Crippen LogP contribution in [0, 0.1) is 0 Å². The van der Waals surface area contributed by atoms with E-state index in [0.29, 0.717) is 4.73 Å². The lowest BCUT2D eigenvalue weighted by atomic mass is 9.85. The molecule has 35 heavy (non-hydrogen) atoms. The van der Waals surface area contributed by atoms with E-state index in [1.54, 1.807) is 13.8 Å². The fourth-order valence-electron chi connectivity index (χ4n) is 3.52. The molecular weight excluding hydrogens is 507 g/mol. The number of carbonyl (C=O) groups is 2. The van der Waals surface area contributed by atoms with Crippen molar-refractivity contribution in [2.75, 3.05) is 18.9 Å². The van der Waals surface area contributed by atoms with Crippen LogP contribution in [0.15, 0.2) is 27.6 Å². The average Bonchev–Trinajstić information content (AvgIpc) is 3.41. The standard InChI is InChI=1S/C18H21N6O9PS/c1-18(2)14(16(28)24(18)34(30)32-3-4-33-34)21-15(27)13(10-8-35-17(19)20-10)22-31-7-9-5-11(25)12(26)6-23(9)29/h5-6,8,14,26,29H,3-4,7H2,1-2H3,(H2,19,20)(H,21,27)/b22-13-/t14-/m1/s1. The number of nitrogens with zero attached hydrogens (tertiary/aromatic N) is 4. The molecule has 5 N–H and O–H groups in total. The minimum Gasteiger partial charge on any atom is -0.503 e. The summed E-state index contributed by atoms with van der Waals surface area (Å²) in [5, 5.41) is 27.0. The van der Waals surface area contributed by atoms with Crippen LogP contribution in [0.5, 0.6) is 5.75 Å². The number of anilines is 1. The summed E-state index contributed by atoms with van der Waals surface area (Å²) in [5.74, 6) is -2.18. The van der Waals surface area contributed by atoms with Gasteiger partial charge in [0.25, 0.3) is 11.8 Å². The van der Waals surface area contributed by atoms with Gasteiger partial charge in [0.05, 0.1) is 24.9 Å². The molecule has 2 aliphatic heterocycles. The molecule has 2 amide bonds. The maximum Gasteiger partial charge on any atom is 0.438 e. The number of carbonyl (C=O) groups excluding carboxylic acids is 2. The zero-order valence-corrected chi connectivity index (χ0v) is 20.1. The maximum atomic E-state index is 13.1. The van der Waals surface area contributed by atoms with Crippen molar-refractivity contribution in [1.82, 2.24) is 19.7 Å². The molecular formula is C18H21N6O9PS. The first-order valence-electron chi connectivity index (χ1n) is 10.0. The molecule has 0 spiro atoms. The molecule has 0 saturated carbocycles. The summed E-state index contributed by atoms with van der Waals surface area (Å²) in [7, 11) is -3.79. The molecule has 2 saturated heterocycles. The lowest BCUT2D eigenvalue weighted by Gasteiger charge is -2.53. The Kier molecular flexibility index (Phi) is 6.31. The second kappa shape index (κ2) is 8.96. The number of oxime groups is 1. The Morgan fingerprint density at radius 1 is 1.43 bits per heavy atom. The summed E-state index contributed by atoms with van der Waals surface area (Å²) in [6, 6.07) is -0.167. The van der Waals surface area contributed by atoms with Crippen molar-refractivity contribution in [3.8, 4) is 5.75 Å². The molecule has 15 nitrogen and oxygen atoms in total. The van der Waals surface area contributed by atoms with Crippen LogP contribution < -0.4 is 16.5 Å². The Balaban J connectivity index is 1.53. The highest BCUT2D eigenvalue weighted by atomic mass is 32.1. The lowest BCUT2D eigenvalue weighted by Crippen LogP contribution is -2.75. The topological polar surface area (TPSA) is 208 Å². The third-order valence-corrected chi connectivity index (χ3v) is 8.15. The highest BCUT2D eigenvalue weighted by molar-refractivity contribution is 7.52. The number of amides is 2. The van der Waals surface area contributed by atoms with Crippen molar-refractivity contribution >= 4 is 41.7 Å². The number of thiazole rings is 1. The number of hydrogen-bond acceptors (Lipinski definition) is 13. The van der Waals surface area contributed by atoms with Crippen LogP contribution in [0.4, 0.5) is 5.13 Å². The summed E-state index contributed by atoms with van der Waals surface area (Å²) < 4.78 is 24.5. The molecule has 2 aromatic heterocycles. The largest absolute Gasteiger partial charge is 0.503 e. The first-order chi connectivity index (χ1) is 16.4. The van der Waals surface area contributed by atoms with Gasteiger partial charge >= 0.3 is 7.75 Å². The fraction of sp³-hybridized carbons (Fsp3) is 0.389. The van der Waals surface area contributed by atoms with Gasteiger partial charge in [-0.2, -0.15) is 4.73 Å². The predicted octanol–water partition coefficient (Wildman–Crippen LogP) is 0.0113. The maximum absolute atomic E-state index is 13.1. The number of hydrogen-bond donors (Lipinski definition) is 4. The summed E-state index contributed by atoms with van der Waals surface area (Å²) >= 11 is 1.03. The van der Waals surface area contributed by atoms with Crippen LogP contribution in [-0.4, -0.2) is 67.0 Å². The first kappa shape index (κ1) is 24.7. The van der Waals surface area contributed by atoms with Crippen molar-refractivity contribution in [2.45, 2.75) is 32.0 Å². The normalized spacial score (nSPS) is 21.0. The number of nitrogens with two attached hydrogens (primary N) is 1. The van der Waals surface area contributed by atoms with Gasteiger partial charge in [0.1, 0.15) is 17.4 Å². The minimum absolute atomic E-state index is 0.0498. The molecule has 2 aliphatic rings. The highest BCUT2D eigenvalue weighted by Crippen LogP contribution is 2.62. The number of aromatic hydroxyl groups is 1. The van der Waals surface area contributed by atoms with Gasteiger partial charge in [-0.15, -0.1) is 11.3 Å². The van der Waals surface area contributed by atoms with Gasteiger partial charge < -0.3 is 26.2 Å². The van der Waals surface area contributed by atoms with Crippen LogP contribution in [0.2, 0.25) is 0 Å². The van der Waals surface area contributed by atoms with Crippen molar-refractivity contribution in [2.24, 2.45) is 5.16 Å². The highest BCUT2D eigenvalue weighted by Gasteiger charge is 2.64. The van der Waals surface area contributed by atoms with E-state index in [4.69, 9.17) is 19.6 Å². The summed E-state index contributed by atoms with van der Waals surface area (Å²) in [5.41, 5.74) is 3.43. The van der Waals surface area contributed by atoms with Crippen LogP contribution in [0.3, 0.4) is 0 Å². The molecule has 4 heterocycles. The smallest absolute Gasteiger partial charge is 0.438 e. The van der Waals surface area contributed by atoms with E-state index in [9.17, 15) is 29.3 Å². The minimum atomic E-state index is -3.79. The summed E-state index contributed by atoms with van der Waals surface area (Å²) in [6.07, 6.45) is 0.777. The Labute approximate surface area is 201 Å². The first-order valence-corrected chi connectivity index (χ1v) is 12.4. The summed E-state index contributed by atoms with van der Waals surface area (Å²) in [4.78, 5) is 46.6. The predicted molar refractivity (Wildman–Crippen MR) is 120 cm³/mol. The van der Waals surface area contributed by atoms with Crippen LogP contribution in [-0.2, 0) is 34.6 Å². The second-order valence-electron chi connectivity index (χ2n) is 7.99. The molecule has 2 fully saturated rings. The van der Waals surface area contributed by atoms with Gasteiger partial charge in [-0.3, -0.25) is 23.4 Å². The van der Waals surface area contributed by atoms with Gasteiger partial charge in [0.2, 0.25) is 5.43 Å². The van der Waals surface area contributed by atoms with E-state index in [-0.39, 0.29) is 35.4 Å². The van der Waals surface area contributed by atoms with Gasteiger partial charge in [-0.05, 0) is 13.8 Å². The number of aromatic nitrogens is 2. The van der Waals surface area contributed by atoms with Gasteiger partial charge in [0.15, 0.2) is 23.2 Å². The van der Waals surface area contributed by atoms with E-state index < -0.39 is 48.9 Å². The number of nitrogen functional groups attached to an aromatic ring is 1. The number of β-lactam (4-membered cyclic amide) rings is 1. The van der Waals surface area contributed by atoms with E-state index >= 15 is 0 Å². The molecule has 2 aromatic rings. The number of rotatable bonds is 7. The van der Waals surface area contributed by atoms with E-state index in [1.165, 1.54) is 5.38 Å². The Morgan fingerprint density at radius 3 is 2.71 bits per heavy atom. The monoisotopic (exact) mass is 528 g/mol. The molecule has 0 bridgehead atoms. The Hall–Kier alpha value is -3.46. The van der Waals surface area contributed by atoms with Crippen LogP contribution in [0.1, 0.15) is 25.2 Å². The van der Waals surface area contributed by atoms with Crippen molar-refractivity contribution in [3.63, 3.8) is 0 Å². The van der Waals surface area contributed by atoms with Crippen molar-refractivity contribution in [3.05, 3.63) is 39.3 Å². The van der Waals surface area contributed by atoms with Gasteiger partial charge in [-0.25, -0.2) is 14.2 Å². The van der Waals surface area contributed by atoms with Gasteiger partial charge in [0, 0.05) is 11.4 Å². The molecule has 0 aliphatic carbocycles. The molecule has 4 rings (SSSR count). The zero-order chi connectivity index (χ0) is 25.5. The second-order valence-corrected chi connectivity index (χ2v) is 10.7. The van der Waals surface area contributed by atoms with Crippen molar-refractivity contribution < 1.29 is 38.4 Å². The SMILES string of the molecule is CC1(C)[C@H](NC(=O)/C(=N\OCc2cc(=O)c(O)cn2O)c2csc(N)n2)C(=O)N1P1(=O)OCCO1. The van der Waals surface area contributed by atoms with E-state index in [1.807, 2.05) is 0 Å². The van der Waals surface area contributed by atoms with E-state index in [0.717, 1.165) is 28.3 Å². The molecule has 188 valence electrons.